The molecule has 1 atom stereocenters. The van der Waals surface area contributed by atoms with E-state index in [2.05, 4.69) is 11.2 Å². The van der Waals surface area contributed by atoms with E-state index in [1.807, 2.05) is 6.07 Å². The highest BCUT2D eigenvalue weighted by molar-refractivity contribution is 7.83. The molecular formula is C17H16NO3P. The van der Waals surface area contributed by atoms with E-state index >= 15 is 0 Å². The third-order valence-corrected chi connectivity index (χ3v) is 5.08. The second kappa shape index (κ2) is 7.61. The Kier molecular flexibility index (Phi) is 5.55. The largest absolute Gasteiger partial charge is 0.318 e. The second-order valence-corrected chi connectivity index (χ2v) is 6.75. The van der Waals surface area contributed by atoms with Crippen LogP contribution in [0.15, 0.2) is 60.7 Å². The van der Waals surface area contributed by atoms with E-state index in [-0.39, 0.29) is 13.0 Å². The zero-order valence-corrected chi connectivity index (χ0v) is 12.8. The Balaban J connectivity index is 2.26. The number of carbonyl (C=O) groups is 1. The molecule has 112 valence electrons. The average molecular weight is 313 g/mol. The number of terminal acetylenes is 1. The zero-order valence-electron chi connectivity index (χ0n) is 11.9. The Morgan fingerprint density at radius 1 is 1.09 bits per heavy atom. The lowest BCUT2D eigenvalue weighted by Gasteiger charge is -2.18. The summed E-state index contributed by atoms with van der Waals surface area (Å²) >= 11 is 0. The van der Waals surface area contributed by atoms with Crippen LogP contribution in [0.4, 0.5) is 10.5 Å². The summed E-state index contributed by atoms with van der Waals surface area (Å²) in [6.07, 6.45) is 5.46. The van der Waals surface area contributed by atoms with E-state index in [0.717, 1.165) is 0 Å². The summed E-state index contributed by atoms with van der Waals surface area (Å²) in [5.41, 5.74) is -0.105. The molecule has 2 aromatic carbocycles. The first kappa shape index (κ1) is 16.0. The van der Waals surface area contributed by atoms with E-state index in [1.54, 1.807) is 54.6 Å². The number of amides is 1. The van der Waals surface area contributed by atoms with Gasteiger partial charge < -0.3 is 9.84 Å². The predicted octanol–water partition coefficient (Wildman–Crippen LogP) is 3.86. The summed E-state index contributed by atoms with van der Waals surface area (Å²) in [6.45, 7) is 0.0604. The van der Waals surface area contributed by atoms with Crippen molar-refractivity contribution in [1.82, 2.24) is 0 Å². The molecule has 2 rings (SSSR count). The molecule has 0 aliphatic heterocycles. The maximum absolute atomic E-state index is 13.1. The molecule has 2 aromatic rings. The van der Waals surface area contributed by atoms with Gasteiger partial charge in [-0.05, 0) is 24.3 Å². The second-order valence-electron chi connectivity index (χ2n) is 4.47. The minimum absolute atomic E-state index is 0.0604. The molecule has 0 fully saturated rings. The number of carbonyl (C=O) groups excluding carboxylic acids is 1. The van der Waals surface area contributed by atoms with Gasteiger partial charge in [0, 0.05) is 17.4 Å². The van der Waals surface area contributed by atoms with Gasteiger partial charge in [-0.25, -0.2) is 0 Å². The monoisotopic (exact) mass is 313 g/mol. The van der Waals surface area contributed by atoms with E-state index in [0.29, 0.717) is 11.0 Å². The maximum atomic E-state index is 13.1. The van der Waals surface area contributed by atoms with Crippen LogP contribution in [0, 0.1) is 12.3 Å². The van der Waals surface area contributed by atoms with E-state index in [1.165, 1.54) is 0 Å². The summed E-state index contributed by atoms with van der Waals surface area (Å²) in [7, 11) is -3.70. The average Bonchev–Trinajstić information content (AvgIpc) is 2.56. The van der Waals surface area contributed by atoms with Gasteiger partial charge in [-0.1, -0.05) is 36.4 Å². The van der Waals surface area contributed by atoms with Gasteiger partial charge in [0.1, 0.15) is 0 Å². The van der Waals surface area contributed by atoms with Crippen molar-refractivity contribution in [3.05, 3.63) is 60.7 Å². The van der Waals surface area contributed by atoms with Crippen molar-refractivity contribution < 1.29 is 13.9 Å². The number of hydrogen-bond donors (Lipinski definition) is 1. The van der Waals surface area contributed by atoms with Crippen LogP contribution in [0.2, 0.25) is 0 Å². The van der Waals surface area contributed by atoms with Crippen molar-refractivity contribution in [2.45, 2.75) is 6.42 Å². The minimum Gasteiger partial charge on any atom is -0.318 e. The Bertz CT molecular complexity index is 708. The number of hydrogen-bond acceptors (Lipinski definition) is 3. The summed E-state index contributed by atoms with van der Waals surface area (Å²) < 4.78 is 18.5. The summed E-state index contributed by atoms with van der Waals surface area (Å²) in [4.78, 5) is 12.5. The summed E-state index contributed by atoms with van der Waals surface area (Å²) in [5, 5.41) is 2.98. The number of benzene rings is 2. The van der Waals surface area contributed by atoms with Gasteiger partial charge in [0.2, 0.25) is 0 Å². The van der Waals surface area contributed by atoms with E-state index in [9.17, 15) is 9.36 Å². The van der Waals surface area contributed by atoms with Crippen molar-refractivity contribution in [3.63, 3.8) is 0 Å². The Labute approximate surface area is 130 Å². The molecule has 0 radical (unpaired) electrons. The highest BCUT2D eigenvalue weighted by atomic mass is 31.2. The normalized spacial score (nSPS) is 12.9. The summed E-state index contributed by atoms with van der Waals surface area (Å²) in [6, 6.07) is 17.3. The number of para-hydroxylation sites is 1. The number of nitrogens with one attached hydrogen (secondary N) is 1. The van der Waals surface area contributed by atoms with E-state index < -0.39 is 13.0 Å². The molecule has 0 spiro atoms. The first-order valence-corrected chi connectivity index (χ1v) is 8.39. The van der Waals surface area contributed by atoms with E-state index in [4.69, 9.17) is 10.9 Å². The molecule has 5 heteroatoms. The Morgan fingerprint density at radius 2 is 1.68 bits per heavy atom. The van der Waals surface area contributed by atoms with Crippen LogP contribution in [0.5, 0.6) is 0 Å². The standard InChI is InChI=1S/C17H16NO3P/c1-2-3-14-21-22(20,16-12-8-5-9-13-16)17(19)18-15-10-6-4-7-11-15/h1,4-13H,3,14H2,(H,18,19). The van der Waals surface area contributed by atoms with Crippen LogP contribution in [0.3, 0.4) is 0 Å². The quantitative estimate of drug-likeness (QED) is 0.500. The van der Waals surface area contributed by atoms with Crippen LogP contribution in [-0.2, 0) is 9.09 Å². The fourth-order valence-electron chi connectivity index (χ4n) is 1.83. The third-order valence-electron chi connectivity index (χ3n) is 2.91. The van der Waals surface area contributed by atoms with Gasteiger partial charge in [-0.15, -0.1) is 12.3 Å². The van der Waals surface area contributed by atoms with Gasteiger partial charge in [0.15, 0.2) is 0 Å². The minimum atomic E-state index is -3.70. The SMILES string of the molecule is C#CCCOP(=O)(C(=O)Nc1ccccc1)c1ccccc1. The van der Waals surface area contributed by atoms with Crippen molar-refractivity contribution >= 4 is 24.0 Å². The zero-order chi connectivity index (χ0) is 15.8. The molecule has 0 bridgehead atoms. The van der Waals surface area contributed by atoms with Gasteiger partial charge >= 0.3 is 13.0 Å². The smallest absolute Gasteiger partial charge is 0.317 e. The third kappa shape index (κ3) is 3.85. The molecule has 0 saturated heterocycles. The Morgan fingerprint density at radius 3 is 2.27 bits per heavy atom. The molecule has 22 heavy (non-hydrogen) atoms. The first-order chi connectivity index (χ1) is 10.7. The topological polar surface area (TPSA) is 55.4 Å². The van der Waals surface area contributed by atoms with Gasteiger partial charge in [0.05, 0.1) is 6.61 Å². The highest BCUT2D eigenvalue weighted by Gasteiger charge is 2.35. The van der Waals surface area contributed by atoms with Crippen LogP contribution in [-0.4, -0.2) is 12.3 Å². The molecule has 0 aliphatic rings. The highest BCUT2D eigenvalue weighted by Crippen LogP contribution is 2.47. The fourth-order valence-corrected chi connectivity index (χ4v) is 3.52. The molecule has 0 aliphatic carbocycles. The maximum Gasteiger partial charge on any atom is 0.317 e. The molecule has 1 N–H and O–H groups in total. The van der Waals surface area contributed by atoms with Crippen molar-refractivity contribution in [1.29, 1.82) is 0 Å². The first-order valence-electron chi connectivity index (χ1n) is 6.77. The molecule has 4 nitrogen and oxygen atoms in total. The van der Waals surface area contributed by atoms with Crippen LogP contribution in [0.25, 0.3) is 0 Å². The van der Waals surface area contributed by atoms with Gasteiger partial charge in [0.25, 0.3) is 0 Å². The summed E-state index contributed by atoms with van der Waals surface area (Å²) in [5.74, 6) is 2.40. The Hall–Kier alpha value is -2.34. The molecular weight excluding hydrogens is 297 g/mol. The van der Waals surface area contributed by atoms with Crippen molar-refractivity contribution in [2.24, 2.45) is 0 Å². The molecule has 0 saturated carbocycles. The van der Waals surface area contributed by atoms with Crippen LogP contribution >= 0.6 is 7.37 Å². The predicted molar refractivity (Wildman–Crippen MR) is 88.5 cm³/mol. The number of anilines is 1. The van der Waals surface area contributed by atoms with Crippen molar-refractivity contribution in [2.75, 3.05) is 11.9 Å². The lowest BCUT2D eigenvalue weighted by molar-refractivity contribution is 0.259. The van der Waals surface area contributed by atoms with Gasteiger partial charge in [-0.3, -0.25) is 9.36 Å². The van der Waals surface area contributed by atoms with Crippen LogP contribution < -0.4 is 10.6 Å². The van der Waals surface area contributed by atoms with Crippen molar-refractivity contribution in [3.8, 4) is 12.3 Å². The number of rotatable bonds is 6. The molecule has 1 amide bonds. The molecule has 0 heterocycles. The van der Waals surface area contributed by atoms with Gasteiger partial charge in [-0.2, -0.15) is 0 Å². The molecule has 1 unspecified atom stereocenters. The lowest BCUT2D eigenvalue weighted by Crippen LogP contribution is -2.20. The van der Waals surface area contributed by atoms with Crippen LogP contribution in [0.1, 0.15) is 6.42 Å². The lowest BCUT2D eigenvalue weighted by atomic mass is 10.3. The molecule has 0 aromatic heterocycles. The fraction of sp³-hybridized carbons (Fsp3) is 0.118.